The van der Waals surface area contributed by atoms with Crippen molar-refractivity contribution in [1.82, 2.24) is 15.3 Å². The lowest BCUT2D eigenvalue weighted by Gasteiger charge is -2.26. The van der Waals surface area contributed by atoms with Crippen LogP contribution in [-0.4, -0.2) is 28.0 Å². The van der Waals surface area contributed by atoms with Gasteiger partial charge in [0.2, 0.25) is 0 Å². The van der Waals surface area contributed by atoms with E-state index in [0.29, 0.717) is 17.8 Å². The molecule has 7 heteroatoms. The Morgan fingerprint density at radius 1 is 1.18 bits per heavy atom. The van der Waals surface area contributed by atoms with Gasteiger partial charge in [-0.25, -0.2) is 4.98 Å². The standard InChI is InChI=1S/C15H20N4O.2ClH/c1-3-15(16,4-2)10-18-14(20)13-9-17-11-7-5-6-8-12(11)19-13;;/h5-9H,3-4,10,16H2,1-2H3,(H,18,20);2*1H. The van der Waals surface area contributed by atoms with E-state index in [0.717, 1.165) is 18.4 Å². The number of nitrogens with zero attached hydrogens (tertiary/aromatic N) is 2. The maximum Gasteiger partial charge on any atom is 0.271 e. The van der Waals surface area contributed by atoms with Gasteiger partial charge in [0.05, 0.1) is 17.2 Å². The van der Waals surface area contributed by atoms with Crippen LogP contribution in [0.3, 0.4) is 0 Å². The smallest absolute Gasteiger partial charge is 0.271 e. The molecule has 0 saturated heterocycles. The fourth-order valence-electron chi connectivity index (χ4n) is 1.91. The second kappa shape index (κ2) is 8.88. The number of hydrogen-bond donors (Lipinski definition) is 2. The van der Waals surface area contributed by atoms with Gasteiger partial charge in [0.25, 0.3) is 5.91 Å². The fraction of sp³-hybridized carbons (Fsp3) is 0.400. The molecule has 0 atom stereocenters. The molecule has 0 fully saturated rings. The predicted octanol–water partition coefficient (Wildman–Crippen LogP) is 2.72. The summed E-state index contributed by atoms with van der Waals surface area (Å²) in [7, 11) is 0. The molecule has 0 aliphatic heterocycles. The molecular weight excluding hydrogens is 323 g/mol. The summed E-state index contributed by atoms with van der Waals surface area (Å²) in [5, 5.41) is 2.84. The minimum Gasteiger partial charge on any atom is -0.349 e. The normalized spacial score (nSPS) is 10.5. The second-order valence-electron chi connectivity index (χ2n) is 5.00. The second-order valence-corrected chi connectivity index (χ2v) is 5.00. The van der Waals surface area contributed by atoms with Gasteiger partial charge in [0.1, 0.15) is 5.69 Å². The zero-order chi connectivity index (χ0) is 14.6. The molecule has 3 N–H and O–H groups in total. The van der Waals surface area contributed by atoms with E-state index in [1.54, 1.807) is 0 Å². The number of carbonyl (C=O) groups is 1. The van der Waals surface area contributed by atoms with E-state index in [1.165, 1.54) is 6.20 Å². The monoisotopic (exact) mass is 344 g/mol. The third-order valence-electron chi connectivity index (χ3n) is 3.69. The van der Waals surface area contributed by atoms with E-state index in [9.17, 15) is 4.79 Å². The number of fused-ring (bicyclic) bond motifs is 1. The molecule has 0 aliphatic carbocycles. The van der Waals surface area contributed by atoms with Crippen LogP contribution in [0.5, 0.6) is 0 Å². The van der Waals surface area contributed by atoms with Crippen LogP contribution in [0.2, 0.25) is 0 Å². The molecule has 122 valence electrons. The number of hydrogen-bond acceptors (Lipinski definition) is 4. The number of nitrogens with two attached hydrogens (primary N) is 1. The maximum absolute atomic E-state index is 12.1. The lowest BCUT2D eigenvalue weighted by atomic mass is 9.94. The summed E-state index contributed by atoms with van der Waals surface area (Å²) in [4.78, 5) is 20.6. The van der Waals surface area contributed by atoms with Crippen molar-refractivity contribution in [1.29, 1.82) is 0 Å². The van der Waals surface area contributed by atoms with Crippen LogP contribution in [0.15, 0.2) is 30.5 Å². The van der Waals surface area contributed by atoms with Gasteiger partial charge in [-0.2, -0.15) is 0 Å². The van der Waals surface area contributed by atoms with E-state index in [4.69, 9.17) is 5.73 Å². The molecule has 1 aromatic heterocycles. The average Bonchev–Trinajstić information content (AvgIpc) is 2.51. The quantitative estimate of drug-likeness (QED) is 0.873. The van der Waals surface area contributed by atoms with Crippen molar-refractivity contribution in [2.24, 2.45) is 5.73 Å². The molecule has 2 aromatic rings. The van der Waals surface area contributed by atoms with Gasteiger partial charge < -0.3 is 11.1 Å². The Kier molecular flexibility index (Phi) is 8.30. The van der Waals surface area contributed by atoms with Crippen molar-refractivity contribution >= 4 is 41.8 Å². The number of carbonyl (C=O) groups excluding carboxylic acids is 1. The summed E-state index contributed by atoms with van der Waals surface area (Å²) >= 11 is 0. The third kappa shape index (κ3) is 4.80. The molecular formula is C15H22Cl2N4O. The van der Waals surface area contributed by atoms with Crippen molar-refractivity contribution < 1.29 is 4.79 Å². The van der Waals surface area contributed by atoms with Gasteiger partial charge in [0.15, 0.2) is 0 Å². The fourth-order valence-corrected chi connectivity index (χ4v) is 1.91. The highest BCUT2D eigenvalue weighted by atomic mass is 35.5. The summed E-state index contributed by atoms with van der Waals surface area (Å²) in [5.74, 6) is -0.236. The highest BCUT2D eigenvalue weighted by Crippen LogP contribution is 2.11. The molecule has 0 bridgehead atoms. The van der Waals surface area contributed by atoms with Gasteiger partial charge in [-0.15, -0.1) is 24.8 Å². The predicted molar refractivity (Wildman–Crippen MR) is 93.9 cm³/mol. The van der Waals surface area contributed by atoms with Crippen molar-refractivity contribution in [2.45, 2.75) is 32.2 Å². The van der Waals surface area contributed by atoms with Crippen molar-refractivity contribution in [3.8, 4) is 0 Å². The summed E-state index contributed by atoms with van der Waals surface area (Å²) < 4.78 is 0. The zero-order valence-electron chi connectivity index (χ0n) is 12.7. The van der Waals surface area contributed by atoms with E-state index in [2.05, 4.69) is 15.3 Å². The lowest BCUT2D eigenvalue weighted by Crippen LogP contribution is -2.49. The van der Waals surface area contributed by atoms with Crippen LogP contribution >= 0.6 is 24.8 Å². The third-order valence-corrected chi connectivity index (χ3v) is 3.69. The highest BCUT2D eigenvalue weighted by molar-refractivity contribution is 5.93. The molecule has 0 radical (unpaired) electrons. The number of nitrogens with one attached hydrogen (secondary N) is 1. The van der Waals surface area contributed by atoms with Gasteiger partial charge in [-0.05, 0) is 25.0 Å². The number of para-hydroxylation sites is 2. The van der Waals surface area contributed by atoms with E-state index >= 15 is 0 Å². The number of halogens is 2. The summed E-state index contributed by atoms with van der Waals surface area (Å²) in [6, 6.07) is 7.47. The van der Waals surface area contributed by atoms with E-state index in [-0.39, 0.29) is 36.3 Å². The maximum atomic E-state index is 12.1. The van der Waals surface area contributed by atoms with Crippen LogP contribution in [0, 0.1) is 0 Å². The Hall–Kier alpha value is -1.43. The highest BCUT2D eigenvalue weighted by Gasteiger charge is 2.21. The first-order valence-electron chi connectivity index (χ1n) is 6.87. The Balaban J connectivity index is 0.00000220. The zero-order valence-corrected chi connectivity index (χ0v) is 14.3. The van der Waals surface area contributed by atoms with Crippen LogP contribution < -0.4 is 11.1 Å². The molecule has 0 saturated carbocycles. The molecule has 0 aliphatic rings. The van der Waals surface area contributed by atoms with Crippen LogP contribution in [-0.2, 0) is 0 Å². The van der Waals surface area contributed by atoms with Crippen molar-refractivity contribution in [3.05, 3.63) is 36.2 Å². The molecule has 5 nitrogen and oxygen atoms in total. The minimum atomic E-state index is -0.361. The Morgan fingerprint density at radius 2 is 1.77 bits per heavy atom. The molecule has 0 unspecified atom stereocenters. The number of benzene rings is 1. The Morgan fingerprint density at radius 3 is 2.36 bits per heavy atom. The van der Waals surface area contributed by atoms with Crippen molar-refractivity contribution in [3.63, 3.8) is 0 Å². The Bertz CT molecular complexity index is 617. The van der Waals surface area contributed by atoms with Crippen LogP contribution in [0.25, 0.3) is 11.0 Å². The van der Waals surface area contributed by atoms with Gasteiger partial charge in [0, 0.05) is 12.1 Å². The molecule has 2 rings (SSSR count). The van der Waals surface area contributed by atoms with Crippen LogP contribution in [0.4, 0.5) is 0 Å². The first-order valence-corrected chi connectivity index (χ1v) is 6.87. The van der Waals surface area contributed by atoms with Crippen molar-refractivity contribution in [2.75, 3.05) is 6.54 Å². The largest absolute Gasteiger partial charge is 0.349 e. The summed E-state index contributed by atoms with van der Waals surface area (Å²) in [6.45, 7) is 4.48. The van der Waals surface area contributed by atoms with Gasteiger partial charge in [-0.1, -0.05) is 26.0 Å². The lowest BCUT2D eigenvalue weighted by molar-refractivity contribution is 0.0937. The molecule has 1 amide bonds. The molecule has 1 heterocycles. The first kappa shape index (κ1) is 20.6. The number of aromatic nitrogens is 2. The number of rotatable bonds is 5. The first-order chi connectivity index (χ1) is 9.58. The van der Waals surface area contributed by atoms with E-state index in [1.807, 2.05) is 38.1 Å². The van der Waals surface area contributed by atoms with Crippen LogP contribution in [0.1, 0.15) is 37.2 Å². The van der Waals surface area contributed by atoms with Gasteiger partial charge in [-0.3, -0.25) is 9.78 Å². The average molecular weight is 345 g/mol. The SMILES string of the molecule is CCC(N)(CC)CNC(=O)c1cnc2ccccc2n1.Cl.Cl. The molecule has 0 spiro atoms. The molecule has 22 heavy (non-hydrogen) atoms. The Labute approximate surface area is 142 Å². The van der Waals surface area contributed by atoms with Gasteiger partial charge >= 0.3 is 0 Å². The topological polar surface area (TPSA) is 80.9 Å². The number of amides is 1. The molecule has 1 aromatic carbocycles. The summed E-state index contributed by atoms with van der Waals surface area (Å²) in [5.41, 5.74) is 7.61. The minimum absolute atomic E-state index is 0. The van der Waals surface area contributed by atoms with E-state index < -0.39 is 0 Å². The summed E-state index contributed by atoms with van der Waals surface area (Å²) in [6.07, 6.45) is 3.12.